The first-order valence-electron chi connectivity index (χ1n) is 6.15. The minimum atomic E-state index is -0.886. The van der Waals surface area contributed by atoms with Crippen molar-refractivity contribution < 1.29 is 9.90 Å². The lowest BCUT2D eigenvalue weighted by Gasteiger charge is -2.03. The fraction of sp³-hybridized carbons (Fsp3) is 0.118. The van der Waals surface area contributed by atoms with Gasteiger partial charge in [-0.1, -0.05) is 54.1 Å². The van der Waals surface area contributed by atoms with Crippen LogP contribution in [0.15, 0.2) is 54.1 Å². The van der Waals surface area contributed by atoms with Gasteiger partial charge in [0.15, 0.2) is 0 Å². The van der Waals surface area contributed by atoms with E-state index in [2.05, 4.69) is 31.2 Å². The van der Waals surface area contributed by atoms with E-state index in [-0.39, 0.29) is 0 Å². The number of rotatable bonds is 3. The molecule has 0 aromatic heterocycles. The Morgan fingerprint density at radius 3 is 1.89 bits per heavy atom. The number of benzene rings is 2. The number of carboxylic acid groups (broad SMARTS) is 1. The smallest absolute Gasteiger partial charge is 0.331 e. The zero-order chi connectivity index (χ0) is 13.8. The molecule has 0 atom stereocenters. The summed E-state index contributed by atoms with van der Waals surface area (Å²) in [6.45, 7) is 3.66. The van der Waals surface area contributed by atoms with Gasteiger partial charge in [0.05, 0.1) is 0 Å². The Labute approximate surface area is 113 Å². The van der Waals surface area contributed by atoms with Crippen molar-refractivity contribution in [1.82, 2.24) is 0 Å². The van der Waals surface area contributed by atoms with E-state index < -0.39 is 5.97 Å². The predicted octanol–water partition coefficient (Wildman–Crippen LogP) is 4.15. The second-order valence-electron chi connectivity index (χ2n) is 4.62. The lowest BCUT2D eigenvalue weighted by molar-refractivity contribution is -0.132. The minimum absolute atomic E-state index is 0.336. The second kappa shape index (κ2) is 5.53. The van der Waals surface area contributed by atoms with Crippen LogP contribution in [0.2, 0.25) is 0 Å². The van der Waals surface area contributed by atoms with Gasteiger partial charge >= 0.3 is 5.97 Å². The molecule has 19 heavy (non-hydrogen) atoms. The standard InChI is InChI=1S/C17H16O2/c1-12-3-7-15(8-4-12)16-9-5-14(6-10-16)11-13(2)17(18)19/h3-11H,1-2H3,(H,18,19)/b13-11+. The molecule has 96 valence electrons. The summed E-state index contributed by atoms with van der Waals surface area (Å²) in [5.74, 6) is -0.886. The molecule has 0 aliphatic rings. The third-order valence-electron chi connectivity index (χ3n) is 3.02. The van der Waals surface area contributed by atoms with Crippen LogP contribution in [0.5, 0.6) is 0 Å². The topological polar surface area (TPSA) is 37.3 Å². The number of carbonyl (C=O) groups is 1. The SMILES string of the molecule is C/C(=C\c1ccc(-c2ccc(C)cc2)cc1)C(=O)O. The highest BCUT2D eigenvalue weighted by molar-refractivity contribution is 5.91. The Morgan fingerprint density at radius 1 is 0.947 bits per heavy atom. The molecule has 2 nitrogen and oxygen atoms in total. The fourth-order valence-electron chi connectivity index (χ4n) is 1.83. The number of aliphatic carboxylic acids is 1. The van der Waals surface area contributed by atoms with Crippen molar-refractivity contribution in [3.63, 3.8) is 0 Å². The van der Waals surface area contributed by atoms with E-state index in [1.807, 2.05) is 24.3 Å². The number of hydrogen-bond acceptors (Lipinski definition) is 1. The van der Waals surface area contributed by atoms with Crippen molar-refractivity contribution in [2.45, 2.75) is 13.8 Å². The molecule has 0 aliphatic heterocycles. The molecule has 2 rings (SSSR count). The molecule has 0 spiro atoms. The van der Waals surface area contributed by atoms with Gasteiger partial charge in [-0.3, -0.25) is 0 Å². The monoisotopic (exact) mass is 252 g/mol. The maximum absolute atomic E-state index is 10.8. The molecule has 2 heteroatoms. The van der Waals surface area contributed by atoms with Crippen LogP contribution in [-0.4, -0.2) is 11.1 Å². The van der Waals surface area contributed by atoms with Gasteiger partial charge in [0.25, 0.3) is 0 Å². The molecule has 0 amide bonds. The maximum Gasteiger partial charge on any atom is 0.331 e. The zero-order valence-corrected chi connectivity index (χ0v) is 11.1. The summed E-state index contributed by atoms with van der Waals surface area (Å²) in [5.41, 5.74) is 4.76. The summed E-state index contributed by atoms with van der Waals surface area (Å²) in [6, 6.07) is 16.2. The summed E-state index contributed by atoms with van der Waals surface area (Å²) < 4.78 is 0. The molecule has 0 aliphatic carbocycles. The Kier molecular flexibility index (Phi) is 3.81. The van der Waals surface area contributed by atoms with E-state index >= 15 is 0 Å². The van der Waals surface area contributed by atoms with Crippen LogP contribution in [-0.2, 0) is 4.79 Å². The highest BCUT2D eigenvalue weighted by Crippen LogP contribution is 2.21. The van der Waals surface area contributed by atoms with Gasteiger partial charge in [-0.25, -0.2) is 4.79 Å². The van der Waals surface area contributed by atoms with Gasteiger partial charge in [-0.2, -0.15) is 0 Å². The Balaban J connectivity index is 2.26. The van der Waals surface area contributed by atoms with E-state index in [1.165, 1.54) is 5.56 Å². The molecule has 2 aromatic carbocycles. The van der Waals surface area contributed by atoms with Gasteiger partial charge in [0.2, 0.25) is 0 Å². The summed E-state index contributed by atoms with van der Waals surface area (Å²) in [7, 11) is 0. The first kappa shape index (κ1) is 13.1. The van der Waals surface area contributed by atoms with Gasteiger partial charge < -0.3 is 5.11 Å². The van der Waals surface area contributed by atoms with Crippen molar-refractivity contribution in [2.24, 2.45) is 0 Å². The quantitative estimate of drug-likeness (QED) is 0.833. The van der Waals surface area contributed by atoms with E-state index in [0.717, 1.165) is 16.7 Å². The van der Waals surface area contributed by atoms with Crippen molar-refractivity contribution in [2.75, 3.05) is 0 Å². The average molecular weight is 252 g/mol. The van der Waals surface area contributed by atoms with Crippen LogP contribution in [0.1, 0.15) is 18.1 Å². The lowest BCUT2D eigenvalue weighted by atomic mass is 10.0. The third-order valence-corrected chi connectivity index (χ3v) is 3.02. The van der Waals surface area contributed by atoms with E-state index in [0.29, 0.717) is 5.57 Å². The van der Waals surface area contributed by atoms with Crippen LogP contribution >= 0.6 is 0 Å². The van der Waals surface area contributed by atoms with Crippen LogP contribution in [0.25, 0.3) is 17.2 Å². The molecule has 1 N–H and O–H groups in total. The Bertz CT molecular complexity index is 605. The summed E-state index contributed by atoms with van der Waals surface area (Å²) in [5, 5.41) is 8.83. The largest absolute Gasteiger partial charge is 0.478 e. The Hall–Kier alpha value is -2.35. The van der Waals surface area contributed by atoms with Crippen molar-refractivity contribution in [1.29, 1.82) is 0 Å². The predicted molar refractivity (Wildman–Crippen MR) is 77.9 cm³/mol. The highest BCUT2D eigenvalue weighted by atomic mass is 16.4. The molecule has 2 aromatic rings. The number of aryl methyl sites for hydroxylation is 1. The first-order valence-corrected chi connectivity index (χ1v) is 6.15. The second-order valence-corrected chi connectivity index (χ2v) is 4.62. The first-order chi connectivity index (χ1) is 9.06. The van der Waals surface area contributed by atoms with E-state index in [1.54, 1.807) is 13.0 Å². The van der Waals surface area contributed by atoms with Crippen molar-refractivity contribution in [3.05, 3.63) is 65.2 Å². The highest BCUT2D eigenvalue weighted by Gasteiger charge is 2.01. The molecule has 0 fully saturated rings. The van der Waals surface area contributed by atoms with Crippen molar-refractivity contribution >= 4 is 12.0 Å². The fourth-order valence-corrected chi connectivity index (χ4v) is 1.83. The van der Waals surface area contributed by atoms with Crippen LogP contribution in [0.4, 0.5) is 0 Å². The molecule has 0 saturated carbocycles. The normalized spacial score (nSPS) is 11.4. The Morgan fingerprint density at radius 2 is 1.42 bits per heavy atom. The van der Waals surface area contributed by atoms with Gasteiger partial charge in [-0.15, -0.1) is 0 Å². The molecular formula is C17H16O2. The number of hydrogen-bond donors (Lipinski definition) is 1. The molecule has 0 heterocycles. The van der Waals surface area contributed by atoms with E-state index in [4.69, 9.17) is 5.11 Å². The minimum Gasteiger partial charge on any atom is -0.478 e. The summed E-state index contributed by atoms with van der Waals surface area (Å²) in [4.78, 5) is 10.8. The van der Waals surface area contributed by atoms with E-state index in [9.17, 15) is 4.79 Å². The molecular weight excluding hydrogens is 236 g/mol. The van der Waals surface area contributed by atoms with Gasteiger partial charge in [0, 0.05) is 5.57 Å². The maximum atomic E-state index is 10.8. The summed E-state index contributed by atoms with van der Waals surface area (Å²) in [6.07, 6.45) is 1.67. The summed E-state index contributed by atoms with van der Waals surface area (Å²) >= 11 is 0. The van der Waals surface area contributed by atoms with Gasteiger partial charge in [0.1, 0.15) is 0 Å². The van der Waals surface area contributed by atoms with Crippen LogP contribution < -0.4 is 0 Å². The molecule has 0 saturated heterocycles. The average Bonchev–Trinajstić information content (AvgIpc) is 2.40. The molecule has 0 unspecified atom stereocenters. The number of carboxylic acids is 1. The van der Waals surface area contributed by atoms with Crippen molar-refractivity contribution in [3.8, 4) is 11.1 Å². The zero-order valence-electron chi connectivity index (χ0n) is 11.1. The third kappa shape index (κ3) is 3.32. The van der Waals surface area contributed by atoms with Crippen LogP contribution in [0.3, 0.4) is 0 Å². The molecule has 0 bridgehead atoms. The van der Waals surface area contributed by atoms with Crippen LogP contribution in [0, 0.1) is 6.92 Å². The molecule has 0 radical (unpaired) electrons. The lowest BCUT2D eigenvalue weighted by Crippen LogP contribution is -1.95. The van der Waals surface area contributed by atoms with Gasteiger partial charge in [-0.05, 0) is 36.6 Å².